The Morgan fingerprint density at radius 2 is 1.95 bits per heavy atom. The van der Waals surface area contributed by atoms with E-state index in [1.165, 1.54) is 11.9 Å². The van der Waals surface area contributed by atoms with Gasteiger partial charge >= 0.3 is 0 Å². The highest BCUT2D eigenvalue weighted by molar-refractivity contribution is 6.06. The van der Waals surface area contributed by atoms with E-state index < -0.39 is 5.91 Å². The van der Waals surface area contributed by atoms with E-state index in [0.29, 0.717) is 29.4 Å². The highest BCUT2D eigenvalue weighted by Crippen LogP contribution is 2.34. The van der Waals surface area contributed by atoms with Gasteiger partial charge in [0.05, 0.1) is 17.8 Å². The number of ether oxygens (including phenoxy) is 1. The standard InChI is InChI=1S/C31H32N8O2/c1-5-7-30(40)37-27-17-25-26(18-28(27)41-13-6-11-38(3)4)32-19-34-31(25)36-24-9-8-23(21(2)14-24)15-22-10-12-39-29(16-22)33-20-35-39/h8-10,12,14,16-20H,6,11,13,15H2,1-4H3,(H,37,40)(H,32,34,36). The number of benzene rings is 2. The molecule has 0 atom stereocenters. The molecule has 0 unspecified atom stereocenters. The Morgan fingerprint density at radius 3 is 2.76 bits per heavy atom. The van der Waals surface area contributed by atoms with Crippen LogP contribution in [0.2, 0.25) is 0 Å². The molecule has 10 heteroatoms. The number of amides is 1. The number of aromatic nitrogens is 5. The maximum atomic E-state index is 12.3. The summed E-state index contributed by atoms with van der Waals surface area (Å²) < 4.78 is 7.80. The number of nitrogens with zero attached hydrogens (tertiary/aromatic N) is 6. The second-order valence-corrected chi connectivity index (χ2v) is 9.96. The first-order valence-corrected chi connectivity index (χ1v) is 13.3. The zero-order valence-electron chi connectivity index (χ0n) is 23.6. The monoisotopic (exact) mass is 548 g/mol. The molecule has 10 nitrogen and oxygen atoms in total. The molecule has 0 aliphatic heterocycles. The van der Waals surface area contributed by atoms with Crippen LogP contribution in [-0.4, -0.2) is 62.6 Å². The molecule has 0 spiro atoms. The zero-order valence-corrected chi connectivity index (χ0v) is 23.6. The molecule has 5 aromatic rings. The minimum atomic E-state index is -0.411. The maximum Gasteiger partial charge on any atom is 0.300 e. The smallest absolute Gasteiger partial charge is 0.300 e. The molecule has 3 aromatic heterocycles. The maximum absolute atomic E-state index is 12.3. The van der Waals surface area contributed by atoms with E-state index >= 15 is 0 Å². The Kier molecular flexibility index (Phi) is 8.36. The van der Waals surface area contributed by atoms with Crippen molar-refractivity contribution in [1.29, 1.82) is 0 Å². The van der Waals surface area contributed by atoms with Gasteiger partial charge in [-0.3, -0.25) is 4.79 Å². The predicted molar refractivity (Wildman–Crippen MR) is 161 cm³/mol. The molecule has 0 fully saturated rings. The summed E-state index contributed by atoms with van der Waals surface area (Å²) in [5.74, 6) is 5.91. The van der Waals surface area contributed by atoms with Gasteiger partial charge in [0, 0.05) is 29.9 Å². The summed E-state index contributed by atoms with van der Waals surface area (Å²) >= 11 is 0. The minimum absolute atomic E-state index is 0.411. The van der Waals surface area contributed by atoms with Crippen LogP contribution in [0.15, 0.2) is 61.3 Å². The Hall–Kier alpha value is -5.01. The quantitative estimate of drug-likeness (QED) is 0.192. The van der Waals surface area contributed by atoms with E-state index in [-0.39, 0.29) is 0 Å². The number of carbonyl (C=O) groups is 1. The SMILES string of the molecule is CC#CC(=O)Nc1cc2c(Nc3ccc(Cc4ccn5ncnc5c4)c(C)c3)ncnc2cc1OCCCN(C)C. The van der Waals surface area contributed by atoms with Crippen molar-refractivity contribution in [3.05, 3.63) is 78.0 Å². The average molecular weight is 549 g/mol. The van der Waals surface area contributed by atoms with E-state index in [1.807, 2.05) is 44.6 Å². The van der Waals surface area contributed by atoms with Crippen LogP contribution in [0.25, 0.3) is 16.6 Å². The van der Waals surface area contributed by atoms with Crippen LogP contribution in [0.1, 0.15) is 30.0 Å². The first-order valence-electron chi connectivity index (χ1n) is 13.3. The topological polar surface area (TPSA) is 110 Å². The molecule has 208 valence electrons. The van der Waals surface area contributed by atoms with Crippen LogP contribution < -0.4 is 15.4 Å². The minimum Gasteiger partial charge on any atom is -0.491 e. The first-order chi connectivity index (χ1) is 19.9. The predicted octanol–water partition coefficient (Wildman–Crippen LogP) is 4.61. The van der Waals surface area contributed by atoms with Crippen molar-refractivity contribution in [2.45, 2.75) is 26.7 Å². The molecule has 2 aromatic carbocycles. The number of pyridine rings is 1. The Bertz CT molecular complexity index is 1770. The zero-order chi connectivity index (χ0) is 28.8. The number of hydrogen-bond donors (Lipinski definition) is 2. The Morgan fingerprint density at radius 1 is 1.07 bits per heavy atom. The summed E-state index contributed by atoms with van der Waals surface area (Å²) in [5.41, 5.74) is 6.46. The van der Waals surface area contributed by atoms with Gasteiger partial charge < -0.3 is 20.3 Å². The lowest BCUT2D eigenvalue weighted by atomic mass is 10.0. The van der Waals surface area contributed by atoms with Gasteiger partial charge in [0.25, 0.3) is 5.91 Å². The van der Waals surface area contributed by atoms with Gasteiger partial charge in [0.15, 0.2) is 5.65 Å². The highest BCUT2D eigenvalue weighted by Gasteiger charge is 2.14. The average Bonchev–Trinajstić information content (AvgIpc) is 3.41. The normalized spacial score (nSPS) is 11.0. The first kappa shape index (κ1) is 27.6. The van der Waals surface area contributed by atoms with Crippen molar-refractivity contribution in [2.75, 3.05) is 37.9 Å². The van der Waals surface area contributed by atoms with Crippen molar-refractivity contribution in [3.63, 3.8) is 0 Å². The Labute approximate surface area is 238 Å². The highest BCUT2D eigenvalue weighted by atomic mass is 16.5. The van der Waals surface area contributed by atoms with Crippen LogP contribution >= 0.6 is 0 Å². The van der Waals surface area contributed by atoms with E-state index in [9.17, 15) is 4.79 Å². The molecular formula is C31H32N8O2. The van der Waals surface area contributed by atoms with Crippen LogP contribution in [0.4, 0.5) is 17.2 Å². The largest absolute Gasteiger partial charge is 0.491 e. The fourth-order valence-electron chi connectivity index (χ4n) is 4.53. The molecule has 1 amide bonds. The van der Waals surface area contributed by atoms with Gasteiger partial charge in [-0.2, -0.15) is 5.10 Å². The third-order valence-corrected chi connectivity index (χ3v) is 6.58. The second kappa shape index (κ2) is 12.4. The number of hydrogen-bond acceptors (Lipinski definition) is 8. The van der Waals surface area contributed by atoms with E-state index in [4.69, 9.17) is 4.74 Å². The fourth-order valence-corrected chi connectivity index (χ4v) is 4.53. The molecule has 5 rings (SSSR count). The van der Waals surface area contributed by atoms with Crippen molar-refractivity contribution < 1.29 is 9.53 Å². The summed E-state index contributed by atoms with van der Waals surface area (Å²) in [4.78, 5) is 27.7. The van der Waals surface area contributed by atoms with Gasteiger partial charge in [-0.05, 0) is 93.7 Å². The lowest BCUT2D eigenvalue weighted by Crippen LogP contribution is -2.16. The number of rotatable bonds is 10. The molecule has 3 heterocycles. The molecule has 0 bridgehead atoms. The van der Waals surface area contributed by atoms with E-state index in [0.717, 1.165) is 47.2 Å². The van der Waals surface area contributed by atoms with Crippen molar-refractivity contribution >= 4 is 39.6 Å². The molecule has 2 N–H and O–H groups in total. The number of carbonyl (C=O) groups excluding carboxylic acids is 1. The molecule has 41 heavy (non-hydrogen) atoms. The van der Waals surface area contributed by atoms with Crippen LogP contribution in [0.3, 0.4) is 0 Å². The molecule has 0 saturated heterocycles. The molecule has 0 radical (unpaired) electrons. The van der Waals surface area contributed by atoms with Crippen LogP contribution in [0.5, 0.6) is 5.75 Å². The van der Waals surface area contributed by atoms with E-state index in [2.05, 4.69) is 72.5 Å². The van der Waals surface area contributed by atoms with Gasteiger partial charge in [-0.25, -0.2) is 19.5 Å². The number of nitrogens with one attached hydrogen (secondary N) is 2. The van der Waals surface area contributed by atoms with Gasteiger partial charge in [0.1, 0.15) is 24.2 Å². The number of anilines is 3. The van der Waals surface area contributed by atoms with Crippen molar-refractivity contribution in [2.24, 2.45) is 0 Å². The number of fused-ring (bicyclic) bond motifs is 2. The summed E-state index contributed by atoms with van der Waals surface area (Å²) in [6.45, 7) is 5.11. The Balaban J connectivity index is 1.39. The third-order valence-electron chi connectivity index (χ3n) is 6.58. The van der Waals surface area contributed by atoms with Crippen molar-refractivity contribution in [1.82, 2.24) is 29.5 Å². The summed E-state index contributed by atoms with van der Waals surface area (Å²) in [7, 11) is 4.04. The molecule has 0 aliphatic rings. The molecular weight excluding hydrogens is 516 g/mol. The van der Waals surface area contributed by atoms with Crippen LogP contribution in [0, 0.1) is 18.8 Å². The summed E-state index contributed by atoms with van der Waals surface area (Å²) in [6, 6.07) is 14.0. The summed E-state index contributed by atoms with van der Waals surface area (Å²) in [5, 5.41) is 11.2. The lowest BCUT2D eigenvalue weighted by Gasteiger charge is -2.16. The summed E-state index contributed by atoms with van der Waals surface area (Å²) in [6.07, 6.45) is 6.62. The third kappa shape index (κ3) is 6.77. The molecule has 0 aliphatic carbocycles. The van der Waals surface area contributed by atoms with Gasteiger partial charge in [0.2, 0.25) is 0 Å². The number of aryl methyl sites for hydroxylation is 1. The lowest BCUT2D eigenvalue weighted by molar-refractivity contribution is -0.111. The van der Waals surface area contributed by atoms with E-state index in [1.54, 1.807) is 17.8 Å². The molecule has 0 saturated carbocycles. The van der Waals surface area contributed by atoms with Crippen molar-refractivity contribution in [3.8, 4) is 17.6 Å². The van der Waals surface area contributed by atoms with Gasteiger partial charge in [-0.15, -0.1) is 0 Å². The van der Waals surface area contributed by atoms with Gasteiger partial charge in [-0.1, -0.05) is 12.0 Å². The van der Waals surface area contributed by atoms with Crippen LogP contribution in [-0.2, 0) is 11.2 Å². The second-order valence-electron chi connectivity index (χ2n) is 9.96. The fraction of sp³-hybridized carbons (Fsp3) is 0.258.